The van der Waals surface area contributed by atoms with E-state index in [2.05, 4.69) is 4.98 Å². The third-order valence-corrected chi connectivity index (χ3v) is 2.69. The van der Waals surface area contributed by atoms with Crippen LogP contribution in [0.4, 0.5) is 0 Å². The molecule has 0 saturated carbocycles. The third-order valence-electron chi connectivity index (χ3n) is 2.69. The second kappa shape index (κ2) is 5.43. The predicted molar refractivity (Wildman–Crippen MR) is 67.5 cm³/mol. The molecule has 100 valence electrons. The smallest absolute Gasteiger partial charge is 0.335 e. The number of nitrogens with zero attached hydrogens (tertiary/aromatic N) is 2. The van der Waals surface area contributed by atoms with Gasteiger partial charge in [0.1, 0.15) is 12.4 Å². The Balaban J connectivity index is 2.16. The minimum Gasteiger partial charge on any atom is -0.493 e. The molecular formula is C13H14N2O4. The highest BCUT2D eigenvalue weighted by Gasteiger charge is 2.10. The van der Waals surface area contributed by atoms with Gasteiger partial charge in [0.2, 0.25) is 0 Å². The molecule has 2 rings (SSSR count). The first-order valence-electron chi connectivity index (χ1n) is 5.62. The first-order chi connectivity index (χ1) is 9.11. The molecule has 0 atom stereocenters. The van der Waals surface area contributed by atoms with E-state index in [4.69, 9.17) is 14.6 Å². The van der Waals surface area contributed by atoms with Crippen LogP contribution in [0.15, 0.2) is 30.6 Å². The van der Waals surface area contributed by atoms with Gasteiger partial charge in [0.05, 0.1) is 12.7 Å². The lowest BCUT2D eigenvalue weighted by Gasteiger charge is -2.11. The van der Waals surface area contributed by atoms with Crippen LogP contribution in [-0.4, -0.2) is 27.7 Å². The highest BCUT2D eigenvalue weighted by Crippen LogP contribution is 2.28. The van der Waals surface area contributed by atoms with Gasteiger partial charge in [-0.15, -0.1) is 0 Å². The first kappa shape index (κ1) is 12.9. The summed E-state index contributed by atoms with van der Waals surface area (Å²) in [6.45, 7) is 0.284. The van der Waals surface area contributed by atoms with Gasteiger partial charge in [-0.25, -0.2) is 9.78 Å². The van der Waals surface area contributed by atoms with Crippen LogP contribution in [0, 0.1) is 0 Å². The first-order valence-corrected chi connectivity index (χ1v) is 5.62. The van der Waals surface area contributed by atoms with Crippen LogP contribution in [0.25, 0.3) is 0 Å². The van der Waals surface area contributed by atoms with Crippen molar-refractivity contribution in [2.45, 2.75) is 6.61 Å². The number of methoxy groups -OCH3 is 1. The van der Waals surface area contributed by atoms with Crippen molar-refractivity contribution >= 4 is 5.97 Å². The van der Waals surface area contributed by atoms with Crippen molar-refractivity contribution in [2.24, 2.45) is 7.05 Å². The number of hydrogen-bond donors (Lipinski definition) is 1. The van der Waals surface area contributed by atoms with Crippen LogP contribution in [0.1, 0.15) is 16.2 Å². The molecule has 0 aliphatic heterocycles. The largest absolute Gasteiger partial charge is 0.493 e. The summed E-state index contributed by atoms with van der Waals surface area (Å²) in [6.07, 6.45) is 3.51. The fourth-order valence-electron chi connectivity index (χ4n) is 1.60. The number of aromatic nitrogens is 2. The second-order valence-electron chi connectivity index (χ2n) is 3.91. The van der Waals surface area contributed by atoms with E-state index >= 15 is 0 Å². The van der Waals surface area contributed by atoms with Gasteiger partial charge >= 0.3 is 5.97 Å². The lowest BCUT2D eigenvalue weighted by Crippen LogP contribution is -2.04. The molecule has 1 aromatic carbocycles. The minimum absolute atomic E-state index is 0.154. The fourth-order valence-corrected chi connectivity index (χ4v) is 1.60. The van der Waals surface area contributed by atoms with Gasteiger partial charge in [0.15, 0.2) is 11.5 Å². The molecule has 6 heteroatoms. The van der Waals surface area contributed by atoms with Gasteiger partial charge in [-0.3, -0.25) is 0 Å². The maximum atomic E-state index is 10.9. The molecule has 0 aliphatic carbocycles. The quantitative estimate of drug-likeness (QED) is 0.887. The SMILES string of the molecule is COc1cc(C(=O)O)ccc1OCc1nccn1C. The summed E-state index contributed by atoms with van der Waals surface area (Å²) in [5.41, 5.74) is 0.154. The molecule has 6 nitrogen and oxygen atoms in total. The van der Waals surface area contributed by atoms with Crippen LogP contribution in [-0.2, 0) is 13.7 Å². The zero-order chi connectivity index (χ0) is 13.8. The topological polar surface area (TPSA) is 73.6 Å². The van der Waals surface area contributed by atoms with Crippen LogP contribution < -0.4 is 9.47 Å². The zero-order valence-electron chi connectivity index (χ0n) is 10.7. The molecule has 2 aromatic rings. The molecule has 0 aliphatic rings. The highest BCUT2D eigenvalue weighted by atomic mass is 16.5. The number of aryl methyl sites for hydroxylation is 1. The summed E-state index contributed by atoms with van der Waals surface area (Å²) < 4.78 is 12.6. The summed E-state index contributed by atoms with van der Waals surface area (Å²) >= 11 is 0. The number of carboxylic acid groups (broad SMARTS) is 1. The van der Waals surface area contributed by atoms with Gasteiger partial charge in [-0.05, 0) is 18.2 Å². The van der Waals surface area contributed by atoms with Crippen LogP contribution in [0.2, 0.25) is 0 Å². The Labute approximate surface area is 110 Å². The number of hydrogen-bond acceptors (Lipinski definition) is 4. The van der Waals surface area contributed by atoms with Gasteiger partial charge in [0.25, 0.3) is 0 Å². The van der Waals surface area contributed by atoms with Crippen molar-refractivity contribution in [2.75, 3.05) is 7.11 Å². The monoisotopic (exact) mass is 262 g/mol. The Hall–Kier alpha value is -2.50. The van der Waals surface area contributed by atoms with E-state index in [0.717, 1.165) is 5.82 Å². The normalized spacial score (nSPS) is 10.2. The fraction of sp³-hybridized carbons (Fsp3) is 0.231. The van der Waals surface area contributed by atoms with Crippen LogP contribution in [0.5, 0.6) is 11.5 Å². The molecule has 0 radical (unpaired) electrons. The van der Waals surface area contributed by atoms with Gasteiger partial charge in [-0.2, -0.15) is 0 Å². The maximum Gasteiger partial charge on any atom is 0.335 e. The van der Waals surface area contributed by atoms with E-state index in [1.165, 1.54) is 19.2 Å². The van der Waals surface area contributed by atoms with Gasteiger partial charge in [0, 0.05) is 19.4 Å². The average molecular weight is 262 g/mol. The number of aromatic carboxylic acids is 1. The second-order valence-corrected chi connectivity index (χ2v) is 3.91. The molecular weight excluding hydrogens is 248 g/mol. The number of benzene rings is 1. The van der Waals surface area contributed by atoms with Gasteiger partial charge in [-0.1, -0.05) is 0 Å². The Morgan fingerprint density at radius 3 is 2.79 bits per heavy atom. The maximum absolute atomic E-state index is 10.9. The van der Waals surface area contributed by atoms with E-state index in [1.54, 1.807) is 12.3 Å². The van der Waals surface area contributed by atoms with E-state index < -0.39 is 5.97 Å². The molecule has 19 heavy (non-hydrogen) atoms. The van der Waals surface area contributed by atoms with Crippen molar-refractivity contribution in [1.29, 1.82) is 0 Å². The lowest BCUT2D eigenvalue weighted by molar-refractivity contribution is 0.0696. The number of carbonyl (C=O) groups is 1. The summed E-state index contributed by atoms with van der Waals surface area (Å²) in [6, 6.07) is 4.47. The molecule has 1 N–H and O–H groups in total. The Morgan fingerprint density at radius 2 is 2.21 bits per heavy atom. The van der Waals surface area contributed by atoms with E-state index in [0.29, 0.717) is 11.5 Å². The Kier molecular flexibility index (Phi) is 3.70. The Morgan fingerprint density at radius 1 is 1.42 bits per heavy atom. The third kappa shape index (κ3) is 2.85. The minimum atomic E-state index is -1.01. The number of imidazole rings is 1. The Bertz CT molecular complexity index is 592. The molecule has 0 unspecified atom stereocenters. The molecule has 0 amide bonds. The molecule has 1 heterocycles. The number of carboxylic acids is 1. The van der Waals surface area contributed by atoms with E-state index in [-0.39, 0.29) is 12.2 Å². The van der Waals surface area contributed by atoms with Crippen molar-refractivity contribution in [3.8, 4) is 11.5 Å². The van der Waals surface area contributed by atoms with Gasteiger partial charge < -0.3 is 19.1 Å². The van der Waals surface area contributed by atoms with Crippen LogP contribution >= 0.6 is 0 Å². The number of rotatable bonds is 5. The molecule has 0 saturated heterocycles. The number of ether oxygens (including phenoxy) is 2. The predicted octanol–water partition coefficient (Wildman–Crippen LogP) is 1.71. The highest BCUT2D eigenvalue weighted by molar-refractivity contribution is 5.88. The summed E-state index contributed by atoms with van der Waals surface area (Å²) in [5, 5.41) is 8.90. The molecule has 0 spiro atoms. The van der Waals surface area contributed by atoms with E-state index in [9.17, 15) is 4.79 Å². The average Bonchev–Trinajstić information content (AvgIpc) is 2.81. The summed E-state index contributed by atoms with van der Waals surface area (Å²) in [5.74, 6) is 0.628. The standard InChI is InChI=1S/C13H14N2O4/c1-15-6-5-14-12(15)8-19-10-4-3-9(13(16)17)7-11(10)18-2/h3-7H,8H2,1-2H3,(H,16,17). The summed E-state index contributed by atoms with van der Waals surface area (Å²) in [7, 11) is 3.34. The van der Waals surface area contributed by atoms with E-state index in [1.807, 2.05) is 17.8 Å². The molecule has 0 bridgehead atoms. The van der Waals surface area contributed by atoms with Crippen molar-refractivity contribution in [3.63, 3.8) is 0 Å². The summed E-state index contributed by atoms with van der Waals surface area (Å²) in [4.78, 5) is 15.0. The lowest BCUT2D eigenvalue weighted by atomic mass is 10.2. The molecule has 0 fully saturated rings. The van der Waals surface area contributed by atoms with Crippen molar-refractivity contribution < 1.29 is 19.4 Å². The van der Waals surface area contributed by atoms with Crippen molar-refractivity contribution in [1.82, 2.24) is 9.55 Å². The zero-order valence-corrected chi connectivity index (χ0v) is 10.7. The molecule has 1 aromatic heterocycles. The van der Waals surface area contributed by atoms with Crippen molar-refractivity contribution in [3.05, 3.63) is 42.0 Å². The van der Waals surface area contributed by atoms with Crippen LogP contribution in [0.3, 0.4) is 0 Å².